The first kappa shape index (κ1) is 11.2. The quantitative estimate of drug-likeness (QED) is 0.834. The Labute approximate surface area is 99.8 Å². The van der Waals surface area contributed by atoms with Gasteiger partial charge in [-0.05, 0) is 52.9 Å². The number of nitrogens with zero attached hydrogens (tertiary/aromatic N) is 1. The number of hydrogen-bond donors (Lipinski definition) is 0. The van der Waals surface area contributed by atoms with Crippen molar-refractivity contribution in [2.45, 2.75) is 33.2 Å². The summed E-state index contributed by atoms with van der Waals surface area (Å²) in [4.78, 5) is 2.48. The summed E-state index contributed by atoms with van der Waals surface area (Å²) >= 11 is 3.33. The highest BCUT2D eigenvalue weighted by Crippen LogP contribution is 2.33. The van der Waals surface area contributed by atoms with Gasteiger partial charge >= 0.3 is 0 Å². The Hall–Kier alpha value is -0.280. The molecule has 1 unspecified atom stereocenters. The maximum Gasteiger partial charge on any atom is 0.169 e. The van der Waals surface area contributed by atoms with E-state index >= 15 is 0 Å². The molecule has 0 spiro atoms. The van der Waals surface area contributed by atoms with Gasteiger partial charge in [-0.3, -0.25) is 4.90 Å². The van der Waals surface area contributed by atoms with Crippen molar-refractivity contribution in [3.8, 4) is 0 Å². The summed E-state index contributed by atoms with van der Waals surface area (Å²) in [6.45, 7) is 8.00. The van der Waals surface area contributed by atoms with Crippen molar-refractivity contribution >= 4 is 15.9 Å². The third kappa shape index (κ3) is 2.64. The summed E-state index contributed by atoms with van der Waals surface area (Å²) in [6, 6.07) is 4.01. The third-order valence-electron chi connectivity index (χ3n) is 3.50. The molecule has 1 aliphatic heterocycles. The molecule has 1 saturated heterocycles. The van der Waals surface area contributed by atoms with Crippen LogP contribution in [0.1, 0.15) is 32.4 Å². The van der Waals surface area contributed by atoms with Crippen molar-refractivity contribution in [1.29, 1.82) is 0 Å². The molecule has 0 bridgehead atoms. The van der Waals surface area contributed by atoms with Gasteiger partial charge in [0, 0.05) is 6.54 Å². The number of furan rings is 1. The van der Waals surface area contributed by atoms with Gasteiger partial charge in [0.15, 0.2) is 4.67 Å². The highest BCUT2D eigenvalue weighted by molar-refractivity contribution is 9.10. The van der Waals surface area contributed by atoms with E-state index in [9.17, 15) is 0 Å². The van der Waals surface area contributed by atoms with E-state index < -0.39 is 0 Å². The van der Waals surface area contributed by atoms with Gasteiger partial charge in [0.1, 0.15) is 5.76 Å². The van der Waals surface area contributed by atoms with Crippen LogP contribution in [0.2, 0.25) is 0 Å². The Morgan fingerprint density at radius 1 is 1.53 bits per heavy atom. The van der Waals surface area contributed by atoms with Crippen molar-refractivity contribution in [3.63, 3.8) is 0 Å². The van der Waals surface area contributed by atoms with Crippen molar-refractivity contribution in [2.24, 2.45) is 5.41 Å². The van der Waals surface area contributed by atoms with Crippen LogP contribution in [-0.4, -0.2) is 18.0 Å². The summed E-state index contributed by atoms with van der Waals surface area (Å²) < 4.78 is 6.35. The van der Waals surface area contributed by atoms with Crippen LogP contribution in [0.5, 0.6) is 0 Å². The van der Waals surface area contributed by atoms with Crippen LogP contribution >= 0.6 is 15.9 Å². The minimum atomic E-state index is 0.518. The normalized spacial score (nSPS) is 27.4. The number of likely N-dealkylation sites (tertiary alicyclic amines) is 1. The molecule has 0 aromatic carbocycles. The van der Waals surface area contributed by atoms with E-state index in [0.717, 1.165) is 17.0 Å². The maximum atomic E-state index is 5.52. The summed E-state index contributed by atoms with van der Waals surface area (Å²) in [6.07, 6.45) is 2.58. The fourth-order valence-corrected chi connectivity index (χ4v) is 2.55. The van der Waals surface area contributed by atoms with Gasteiger partial charge in [0.25, 0.3) is 0 Å². The van der Waals surface area contributed by atoms with E-state index in [1.807, 2.05) is 12.1 Å². The zero-order valence-corrected chi connectivity index (χ0v) is 11.0. The van der Waals surface area contributed by atoms with E-state index in [4.69, 9.17) is 4.42 Å². The molecule has 84 valence electrons. The van der Waals surface area contributed by atoms with Crippen molar-refractivity contribution in [3.05, 3.63) is 22.6 Å². The number of rotatable bonds is 3. The molecule has 1 aromatic heterocycles. The van der Waals surface area contributed by atoms with Crippen LogP contribution in [0.3, 0.4) is 0 Å². The molecular weight excluding hydrogens is 254 g/mol. The molecule has 2 rings (SSSR count). The van der Waals surface area contributed by atoms with Crippen molar-refractivity contribution < 1.29 is 4.42 Å². The predicted octanol–water partition coefficient (Wildman–Crippen LogP) is 3.66. The van der Waals surface area contributed by atoms with Gasteiger partial charge in [-0.1, -0.05) is 13.8 Å². The molecule has 0 amide bonds. The lowest BCUT2D eigenvalue weighted by Crippen LogP contribution is -2.24. The van der Waals surface area contributed by atoms with Gasteiger partial charge in [-0.25, -0.2) is 0 Å². The lowest BCUT2D eigenvalue weighted by molar-refractivity contribution is 0.246. The van der Waals surface area contributed by atoms with Gasteiger partial charge < -0.3 is 4.42 Å². The number of halogens is 1. The molecule has 15 heavy (non-hydrogen) atoms. The minimum Gasteiger partial charge on any atom is -0.453 e. The fourth-order valence-electron chi connectivity index (χ4n) is 2.21. The standard InChI is InChI=1S/C12H18BrNO/c1-3-12(2)6-7-14(9-12)8-10-4-5-11(13)15-10/h4-5H,3,6-9H2,1-2H3. The molecule has 1 aliphatic rings. The number of hydrogen-bond acceptors (Lipinski definition) is 2. The predicted molar refractivity (Wildman–Crippen MR) is 64.7 cm³/mol. The van der Waals surface area contributed by atoms with Crippen LogP contribution in [-0.2, 0) is 6.54 Å². The molecule has 0 aliphatic carbocycles. The van der Waals surface area contributed by atoms with Crippen LogP contribution < -0.4 is 0 Å². The van der Waals surface area contributed by atoms with Crippen molar-refractivity contribution in [2.75, 3.05) is 13.1 Å². The average molecular weight is 272 g/mol. The van der Waals surface area contributed by atoms with Crippen LogP contribution in [0.4, 0.5) is 0 Å². The molecule has 1 aromatic rings. The van der Waals surface area contributed by atoms with Crippen LogP contribution in [0.15, 0.2) is 21.2 Å². The fraction of sp³-hybridized carbons (Fsp3) is 0.667. The second-order valence-corrected chi connectivity index (χ2v) is 5.61. The minimum absolute atomic E-state index is 0.518. The first-order chi connectivity index (χ1) is 7.11. The summed E-state index contributed by atoms with van der Waals surface area (Å²) in [5.74, 6) is 1.06. The Kier molecular flexibility index (Phi) is 3.21. The monoisotopic (exact) mass is 271 g/mol. The molecule has 2 nitrogen and oxygen atoms in total. The zero-order chi connectivity index (χ0) is 10.9. The Morgan fingerprint density at radius 3 is 2.87 bits per heavy atom. The van der Waals surface area contributed by atoms with Gasteiger partial charge in [0.05, 0.1) is 6.54 Å². The highest BCUT2D eigenvalue weighted by Gasteiger charge is 2.32. The first-order valence-corrected chi connectivity index (χ1v) is 6.37. The van der Waals surface area contributed by atoms with E-state index in [-0.39, 0.29) is 0 Å². The Bertz CT molecular complexity index is 336. The maximum absolute atomic E-state index is 5.52. The molecular formula is C12H18BrNO. The van der Waals surface area contributed by atoms with E-state index in [0.29, 0.717) is 5.41 Å². The van der Waals surface area contributed by atoms with Crippen molar-refractivity contribution in [1.82, 2.24) is 4.90 Å². The molecule has 2 heterocycles. The Balaban J connectivity index is 1.92. The molecule has 3 heteroatoms. The van der Waals surface area contributed by atoms with Crippen LogP contribution in [0.25, 0.3) is 0 Å². The summed E-state index contributed by atoms with van der Waals surface area (Å²) in [5, 5.41) is 0. The van der Waals surface area contributed by atoms with E-state index in [1.54, 1.807) is 0 Å². The largest absolute Gasteiger partial charge is 0.453 e. The molecule has 1 atom stereocenters. The average Bonchev–Trinajstić information content (AvgIpc) is 2.76. The second-order valence-electron chi connectivity index (χ2n) is 4.83. The first-order valence-electron chi connectivity index (χ1n) is 5.58. The molecule has 0 N–H and O–H groups in total. The van der Waals surface area contributed by atoms with E-state index in [1.165, 1.54) is 25.9 Å². The topological polar surface area (TPSA) is 16.4 Å². The van der Waals surface area contributed by atoms with Gasteiger partial charge in [0.2, 0.25) is 0 Å². The van der Waals surface area contributed by atoms with Gasteiger partial charge in [-0.2, -0.15) is 0 Å². The zero-order valence-electron chi connectivity index (χ0n) is 9.42. The highest BCUT2D eigenvalue weighted by atomic mass is 79.9. The second kappa shape index (κ2) is 4.30. The molecule has 0 saturated carbocycles. The summed E-state index contributed by atoms with van der Waals surface area (Å²) in [7, 11) is 0. The lowest BCUT2D eigenvalue weighted by atomic mass is 9.87. The lowest BCUT2D eigenvalue weighted by Gasteiger charge is -2.22. The molecule has 0 radical (unpaired) electrons. The van der Waals surface area contributed by atoms with Crippen LogP contribution in [0, 0.1) is 5.41 Å². The third-order valence-corrected chi connectivity index (χ3v) is 3.92. The SMILES string of the molecule is CCC1(C)CCN(Cc2ccc(Br)o2)C1. The smallest absolute Gasteiger partial charge is 0.169 e. The summed E-state index contributed by atoms with van der Waals surface area (Å²) in [5.41, 5.74) is 0.518. The van der Waals surface area contributed by atoms with E-state index in [2.05, 4.69) is 34.7 Å². The molecule has 1 fully saturated rings. The van der Waals surface area contributed by atoms with Gasteiger partial charge in [-0.15, -0.1) is 0 Å². The Morgan fingerprint density at radius 2 is 2.33 bits per heavy atom.